The van der Waals surface area contributed by atoms with Gasteiger partial charge in [-0.15, -0.1) is 5.10 Å². The number of esters is 2. The Balaban J connectivity index is 1.35. The van der Waals surface area contributed by atoms with E-state index >= 15 is 8.78 Å². The molecule has 1 aromatic rings. The topological polar surface area (TPSA) is 133 Å². The van der Waals surface area contributed by atoms with Crippen LogP contribution < -0.4 is 0 Å². The molecule has 0 amide bonds. The molecular formula is C29H32F2N2O7S2. The lowest BCUT2D eigenvalue weighted by Gasteiger charge is -2.62. The van der Waals surface area contributed by atoms with Crippen molar-refractivity contribution in [1.82, 2.24) is 9.59 Å². The molecule has 0 radical (unpaired) electrons. The Labute approximate surface area is 249 Å². The van der Waals surface area contributed by atoms with Gasteiger partial charge >= 0.3 is 11.9 Å². The van der Waals surface area contributed by atoms with Crippen LogP contribution in [0.4, 0.5) is 8.78 Å². The summed E-state index contributed by atoms with van der Waals surface area (Å²) in [6, 6.07) is 0. The predicted octanol–water partition coefficient (Wildman–Crippen LogP) is 4.09. The first-order valence-electron chi connectivity index (χ1n) is 14.1. The number of aliphatic hydroxyl groups excluding tert-OH is 1. The minimum absolute atomic E-state index is 0.0659. The van der Waals surface area contributed by atoms with E-state index in [-0.39, 0.29) is 40.9 Å². The number of carbonyl (C=O) groups excluding carboxylic acids is 4. The van der Waals surface area contributed by atoms with Crippen molar-refractivity contribution in [1.29, 1.82) is 0 Å². The van der Waals surface area contributed by atoms with Crippen molar-refractivity contribution < 1.29 is 42.5 Å². The SMILES string of the molecule is Cc1nnsc1C(=O)OC1=C[C@@]2(C)C(=CC1=O)[C@@H](F)C[C@@H]1[C@@H]3C[C@@H](C)[C@@H](C(=O)S[C@H]4CCOC4=O)[C@@]3(C)C[C@H](O)[C@@]12F. The minimum atomic E-state index is -2.41. The van der Waals surface area contributed by atoms with Gasteiger partial charge in [0.2, 0.25) is 5.78 Å². The van der Waals surface area contributed by atoms with Gasteiger partial charge in [-0.25, -0.2) is 13.6 Å². The van der Waals surface area contributed by atoms with E-state index < -0.39 is 75.3 Å². The Hall–Kier alpha value is -2.51. The molecule has 0 aromatic carbocycles. The number of hydrogen-bond donors (Lipinski definition) is 1. The van der Waals surface area contributed by atoms with E-state index in [0.29, 0.717) is 18.5 Å². The van der Waals surface area contributed by atoms with E-state index in [1.54, 1.807) is 6.92 Å². The zero-order valence-electron chi connectivity index (χ0n) is 23.6. The quantitative estimate of drug-likeness (QED) is 0.490. The van der Waals surface area contributed by atoms with Gasteiger partial charge in [-0.2, -0.15) is 0 Å². The number of carbonyl (C=O) groups is 4. The lowest BCUT2D eigenvalue weighted by Crippen LogP contribution is -2.68. The summed E-state index contributed by atoms with van der Waals surface area (Å²) in [7, 11) is 0. The highest BCUT2D eigenvalue weighted by molar-refractivity contribution is 8.14. The number of cyclic esters (lactones) is 1. The van der Waals surface area contributed by atoms with Gasteiger partial charge in [-0.3, -0.25) is 14.4 Å². The highest BCUT2D eigenvalue weighted by Crippen LogP contribution is 2.70. The molecule has 0 bridgehead atoms. The number of allylic oxidation sites excluding steroid dienone is 3. The van der Waals surface area contributed by atoms with E-state index in [4.69, 9.17) is 9.47 Å². The van der Waals surface area contributed by atoms with Gasteiger partial charge < -0.3 is 14.6 Å². The summed E-state index contributed by atoms with van der Waals surface area (Å²) < 4.78 is 47.9. The molecule has 42 heavy (non-hydrogen) atoms. The average Bonchev–Trinajstić information content (AvgIpc) is 3.59. The normalized spacial score (nSPS) is 42.6. The summed E-state index contributed by atoms with van der Waals surface area (Å²) in [5, 5.41) is 14.6. The van der Waals surface area contributed by atoms with Crippen LogP contribution in [0.1, 0.15) is 61.8 Å². The molecule has 1 aliphatic heterocycles. The monoisotopic (exact) mass is 622 g/mol. The Morgan fingerprint density at radius 2 is 1.98 bits per heavy atom. The van der Waals surface area contributed by atoms with Gasteiger partial charge in [-0.05, 0) is 79.6 Å². The maximum Gasteiger partial charge on any atom is 0.357 e. The van der Waals surface area contributed by atoms with Crippen LogP contribution >= 0.6 is 23.3 Å². The molecule has 5 aliphatic rings. The molecule has 1 aromatic heterocycles. The van der Waals surface area contributed by atoms with Crippen LogP contribution in [-0.2, 0) is 23.9 Å². The summed E-state index contributed by atoms with van der Waals surface area (Å²) >= 11 is 1.74. The summed E-state index contributed by atoms with van der Waals surface area (Å²) in [5.74, 6) is -4.73. The third kappa shape index (κ3) is 4.09. The fourth-order valence-corrected chi connectivity index (χ4v) is 10.4. The van der Waals surface area contributed by atoms with E-state index in [0.717, 1.165) is 35.4 Å². The molecule has 4 aliphatic carbocycles. The standard InChI is InChI=1S/C29H32F2N2O7S2/c1-12-7-14-15-8-17(30)16-9-18(34)19(40-25(37)23-13(2)32-33-42-23)10-28(16,4)29(15,31)21(35)11-27(14,3)22(12)26(38)41-20-5-6-39-24(20)36/h9-10,12,14-15,17,20-22,35H,5-8,11H2,1-4H3/t12-,14+,15-,17+,20+,21+,22+,27+,28+,29+/m1/s1. The third-order valence-corrected chi connectivity index (χ3v) is 12.5. The van der Waals surface area contributed by atoms with Crippen molar-refractivity contribution in [2.75, 3.05) is 6.61 Å². The van der Waals surface area contributed by atoms with Crippen LogP contribution in [0, 0.1) is 41.4 Å². The van der Waals surface area contributed by atoms with Crippen LogP contribution in [0.2, 0.25) is 0 Å². The van der Waals surface area contributed by atoms with Crippen molar-refractivity contribution in [3.05, 3.63) is 34.1 Å². The number of alkyl halides is 2. The fourth-order valence-electron chi connectivity index (χ4n) is 8.58. The molecule has 0 unspecified atom stereocenters. The number of aromatic nitrogens is 2. The number of fused-ring (bicyclic) bond motifs is 5. The van der Waals surface area contributed by atoms with Gasteiger partial charge in [0.15, 0.2) is 21.4 Å². The van der Waals surface area contributed by atoms with Crippen molar-refractivity contribution in [2.24, 2.45) is 34.5 Å². The second-order valence-corrected chi connectivity index (χ2v) is 14.7. The van der Waals surface area contributed by atoms with Crippen molar-refractivity contribution in [3.8, 4) is 0 Å². The second-order valence-electron chi connectivity index (χ2n) is 12.7. The highest BCUT2D eigenvalue weighted by atomic mass is 32.2. The largest absolute Gasteiger partial charge is 0.465 e. The van der Waals surface area contributed by atoms with E-state index in [1.807, 2.05) is 13.8 Å². The number of nitrogens with zero attached hydrogens (tertiary/aromatic N) is 2. The minimum Gasteiger partial charge on any atom is -0.465 e. The van der Waals surface area contributed by atoms with Gasteiger partial charge in [0.05, 0.1) is 23.8 Å². The van der Waals surface area contributed by atoms with E-state index in [9.17, 15) is 24.3 Å². The Bertz CT molecular complexity index is 1450. The molecule has 10 atom stereocenters. The fraction of sp³-hybridized carbons (Fsp3) is 0.655. The second kappa shape index (κ2) is 10.0. The van der Waals surface area contributed by atoms with Crippen LogP contribution in [0.5, 0.6) is 0 Å². The Kier molecular flexibility index (Phi) is 7.05. The molecule has 4 fully saturated rings. The lowest BCUT2D eigenvalue weighted by atomic mass is 9.45. The number of hydrogen-bond acceptors (Lipinski definition) is 11. The lowest BCUT2D eigenvalue weighted by molar-refractivity contribution is -0.201. The molecule has 1 N–H and O–H groups in total. The zero-order chi connectivity index (χ0) is 30.4. The van der Waals surface area contributed by atoms with Crippen molar-refractivity contribution in [2.45, 2.75) is 76.6 Å². The van der Waals surface area contributed by atoms with E-state index in [1.165, 1.54) is 6.92 Å². The van der Waals surface area contributed by atoms with Gasteiger partial charge in [-0.1, -0.05) is 30.1 Å². The van der Waals surface area contributed by atoms with Crippen molar-refractivity contribution in [3.63, 3.8) is 0 Å². The summed E-state index contributed by atoms with van der Waals surface area (Å²) in [6.45, 7) is 7.02. The first kappa shape index (κ1) is 29.6. The number of thioether (sulfide) groups is 1. The average molecular weight is 623 g/mol. The first-order chi connectivity index (χ1) is 19.7. The molecule has 0 spiro atoms. The van der Waals surface area contributed by atoms with E-state index in [2.05, 4.69) is 9.59 Å². The Morgan fingerprint density at radius 1 is 1.24 bits per heavy atom. The number of aliphatic hydroxyl groups is 1. The molecule has 2 heterocycles. The summed E-state index contributed by atoms with van der Waals surface area (Å²) in [4.78, 5) is 51.5. The number of rotatable bonds is 4. The maximum absolute atomic E-state index is 17.8. The summed E-state index contributed by atoms with van der Waals surface area (Å²) in [5.41, 5.74) is -4.84. The van der Waals surface area contributed by atoms with Crippen molar-refractivity contribution >= 4 is 46.1 Å². The predicted molar refractivity (Wildman–Crippen MR) is 148 cm³/mol. The smallest absolute Gasteiger partial charge is 0.357 e. The van der Waals surface area contributed by atoms with Crippen LogP contribution in [0.25, 0.3) is 0 Å². The van der Waals surface area contributed by atoms with Gasteiger partial charge in [0.1, 0.15) is 11.4 Å². The maximum atomic E-state index is 17.8. The number of ketones is 1. The summed E-state index contributed by atoms with van der Waals surface area (Å²) in [6.07, 6.45) is -0.600. The number of halogens is 2. The molecule has 3 saturated carbocycles. The Morgan fingerprint density at radius 3 is 2.62 bits per heavy atom. The third-order valence-electron chi connectivity index (χ3n) is 10.5. The van der Waals surface area contributed by atoms with Gasteiger partial charge in [0.25, 0.3) is 0 Å². The number of ether oxygens (including phenoxy) is 2. The molecular weight excluding hydrogens is 590 g/mol. The van der Waals surface area contributed by atoms with Crippen LogP contribution in [0.15, 0.2) is 23.5 Å². The zero-order valence-corrected chi connectivity index (χ0v) is 25.2. The van der Waals surface area contributed by atoms with Crippen LogP contribution in [-0.4, -0.2) is 67.3 Å². The number of aryl methyl sites for hydroxylation is 1. The molecule has 1 saturated heterocycles. The highest BCUT2D eigenvalue weighted by Gasteiger charge is 2.73. The van der Waals surface area contributed by atoms with Gasteiger partial charge in [0, 0.05) is 18.3 Å². The van der Waals surface area contributed by atoms with Crippen LogP contribution in [0.3, 0.4) is 0 Å². The molecule has 6 rings (SSSR count). The molecule has 9 nitrogen and oxygen atoms in total. The molecule has 226 valence electrons. The molecule has 13 heteroatoms. The first-order valence-corrected chi connectivity index (χ1v) is 15.8.